The van der Waals surface area contributed by atoms with Gasteiger partial charge in [0, 0.05) is 0 Å². The van der Waals surface area contributed by atoms with Crippen LogP contribution in [-0.2, 0) is 93.6 Å². The number of aliphatic hydroxyl groups excluding tert-OH is 1. The van der Waals surface area contributed by atoms with Crippen LogP contribution in [0.15, 0.2) is 206 Å². The molecule has 2 fully saturated rings. The zero-order valence-electron chi connectivity index (χ0n) is 41.2. The van der Waals surface area contributed by atoms with E-state index in [1.165, 1.54) is 0 Å². The summed E-state index contributed by atoms with van der Waals surface area (Å²) in [6, 6.07) is 68.8. The van der Waals surface area contributed by atoms with Crippen molar-refractivity contribution in [3.05, 3.63) is 251 Å². The van der Waals surface area contributed by atoms with Crippen LogP contribution in [0.5, 0.6) is 0 Å². The summed E-state index contributed by atoms with van der Waals surface area (Å²) < 4.78 is 67.8. The summed E-state index contributed by atoms with van der Waals surface area (Å²) in [7, 11) is 0. The summed E-state index contributed by atoms with van der Waals surface area (Å²) >= 11 is 0. The molecule has 0 radical (unpaired) electrons. The maximum absolute atomic E-state index is 12.0. The standard InChI is InChI=1S/C62H63NO11/c63-35-51-33-19-20-34-52(51)42-71-60-58(69-40-49-29-15-5-16-30-49)55(66-37-46-23-9-2-10-24-46)53(43-65-36-45-21-7-1-8-22-45)74-62(60)72-44-54-56(67-38-47-25-11-3-12-26-47)57(68-39-48-27-13-4-14-28-48)59(61(64)73-54)70-41-50-31-17-6-18-32-50/h1-34,53-62,64H,36-44H2/t53-,54-,55-,56-,57+,58+,59-,60-,61+,62+/m1/s1. The van der Waals surface area contributed by atoms with Gasteiger partial charge in [-0.3, -0.25) is 0 Å². The largest absolute Gasteiger partial charge is 0.374 e. The molecule has 1 N–H and O–H groups in total. The number of benzene rings is 7. The maximum Gasteiger partial charge on any atom is 0.187 e. The predicted octanol–water partition coefficient (Wildman–Crippen LogP) is 10.0. The molecule has 2 aliphatic rings. The number of rotatable bonds is 25. The molecule has 0 aliphatic carbocycles. The molecule has 0 amide bonds. The molecule has 12 nitrogen and oxygen atoms in total. The molecule has 2 heterocycles. The molecule has 2 saturated heterocycles. The third-order valence-corrected chi connectivity index (χ3v) is 13.0. The van der Waals surface area contributed by atoms with E-state index in [0.717, 1.165) is 33.4 Å². The van der Waals surface area contributed by atoms with Crippen molar-refractivity contribution in [2.45, 2.75) is 108 Å². The van der Waals surface area contributed by atoms with Crippen molar-refractivity contribution in [1.29, 1.82) is 5.26 Å². The fourth-order valence-corrected chi connectivity index (χ4v) is 9.14. The number of ether oxygens (including phenoxy) is 10. The molecule has 7 aromatic carbocycles. The first-order chi connectivity index (χ1) is 36.6. The van der Waals surface area contributed by atoms with Gasteiger partial charge < -0.3 is 52.5 Å². The van der Waals surface area contributed by atoms with Gasteiger partial charge in [0.05, 0.1) is 71.1 Å². The second-order valence-corrected chi connectivity index (χ2v) is 18.3. The third-order valence-electron chi connectivity index (χ3n) is 13.0. The molecule has 7 aromatic rings. The van der Waals surface area contributed by atoms with Gasteiger partial charge in [-0.05, 0) is 45.0 Å². The molecule has 2 aliphatic heterocycles. The van der Waals surface area contributed by atoms with Crippen molar-refractivity contribution < 1.29 is 52.5 Å². The van der Waals surface area contributed by atoms with E-state index in [2.05, 4.69) is 6.07 Å². The number of nitriles is 1. The Kier molecular flexibility index (Phi) is 19.7. The fourth-order valence-electron chi connectivity index (χ4n) is 9.14. The Morgan fingerprint density at radius 1 is 0.351 bits per heavy atom. The van der Waals surface area contributed by atoms with Crippen LogP contribution in [0.4, 0.5) is 0 Å². The SMILES string of the molecule is N#Cc1ccccc1CO[C@H]1[C@@H](OC[C@H]2O[C@H](O)[C@H](OCc3ccccc3)[C@@H](OCc3ccccc3)[C@@H]2OCc2ccccc2)O[C@H](COCc2ccccc2)[C@@H](OCc2ccccc2)[C@@H]1OCc1ccccc1. The lowest BCUT2D eigenvalue weighted by atomic mass is 9.96. The fraction of sp³-hybridized carbons (Fsp3) is 0.306. The maximum atomic E-state index is 12.0. The quantitative estimate of drug-likeness (QED) is 0.0584. The first-order valence-electron chi connectivity index (χ1n) is 25.2. The molecular formula is C62H63NO11. The van der Waals surface area contributed by atoms with Gasteiger partial charge in [0.25, 0.3) is 0 Å². The van der Waals surface area contributed by atoms with Crippen molar-refractivity contribution >= 4 is 0 Å². The van der Waals surface area contributed by atoms with Gasteiger partial charge in [-0.25, -0.2) is 0 Å². The summed E-state index contributed by atoms with van der Waals surface area (Å²) in [5.41, 5.74) is 6.84. The number of hydrogen-bond acceptors (Lipinski definition) is 12. The molecule has 382 valence electrons. The summed E-state index contributed by atoms with van der Waals surface area (Å²) in [6.07, 6.45) is -9.33. The molecule has 9 rings (SSSR count). The zero-order valence-corrected chi connectivity index (χ0v) is 41.2. The highest BCUT2D eigenvalue weighted by Crippen LogP contribution is 2.35. The molecule has 74 heavy (non-hydrogen) atoms. The van der Waals surface area contributed by atoms with Gasteiger partial charge in [-0.2, -0.15) is 5.26 Å². The highest BCUT2D eigenvalue weighted by atomic mass is 16.7. The van der Waals surface area contributed by atoms with Crippen molar-refractivity contribution in [2.24, 2.45) is 0 Å². The van der Waals surface area contributed by atoms with E-state index in [1.807, 2.05) is 200 Å². The lowest BCUT2D eigenvalue weighted by Crippen LogP contribution is -2.63. The van der Waals surface area contributed by atoms with E-state index >= 15 is 0 Å². The Balaban J connectivity index is 1.05. The van der Waals surface area contributed by atoms with Crippen LogP contribution in [0, 0.1) is 11.3 Å². The van der Waals surface area contributed by atoms with Crippen LogP contribution < -0.4 is 0 Å². The minimum atomic E-state index is -1.44. The first-order valence-corrected chi connectivity index (χ1v) is 25.2. The molecule has 0 spiro atoms. The van der Waals surface area contributed by atoms with Crippen molar-refractivity contribution in [3.8, 4) is 6.07 Å². The van der Waals surface area contributed by atoms with E-state index in [9.17, 15) is 10.4 Å². The Labute approximate surface area is 433 Å². The molecule has 10 atom stereocenters. The highest BCUT2D eigenvalue weighted by Gasteiger charge is 2.52. The smallest absolute Gasteiger partial charge is 0.187 e. The van der Waals surface area contributed by atoms with Gasteiger partial charge in [-0.1, -0.05) is 200 Å². The summed E-state index contributed by atoms with van der Waals surface area (Å²) in [5.74, 6) is 0. The summed E-state index contributed by atoms with van der Waals surface area (Å²) in [6.45, 7) is 1.39. The topological polar surface area (TPSA) is 136 Å². The van der Waals surface area contributed by atoms with Crippen LogP contribution in [0.2, 0.25) is 0 Å². The molecule has 0 bridgehead atoms. The number of nitrogens with zero attached hydrogens (tertiary/aromatic N) is 1. The van der Waals surface area contributed by atoms with Crippen LogP contribution in [0.25, 0.3) is 0 Å². The molecule has 12 heteroatoms. The Morgan fingerprint density at radius 3 is 1.15 bits per heavy atom. The van der Waals surface area contributed by atoms with Crippen molar-refractivity contribution in [2.75, 3.05) is 13.2 Å². The highest BCUT2D eigenvalue weighted by molar-refractivity contribution is 5.37. The molecular weight excluding hydrogens is 935 g/mol. The summed E-state index contributed by atoms with van der Waals surface area (Å²) in [5, 5.41) is 22.1. The Morgan fingerprint density at radius 2 is 0.703 bits per heavy atom. The first kappa shape index (κ1) is 52.5. The Bertz CT molecular complexity index is 2720. The van der Waals surface area contributed by atoms with Crippen LogP contribution in [-0.4, -0.2) is 79.7 Å². The van der Waals surface area contributed by atoms with E-state index in [1.54, 1.807) is 6.07 Å². The van der Waals surface area contributed by atoms with Crippen molar-refractivity contribution in [1.82, 2.24) is 0 Å². The Hall–Kier alpha value is -6.41. The monoisotopic (exact) mass is 997 g/mol. The van der Waals surface area contributed by atoms with Crippen molar-refractivity contribution in [3.63, 3.8) is 0 Å². The summed E-state index contributed by atoms with van der Waals surface area (Å²) in [4.78, 5) is 0. The predicted molar refractivity (Wildman–Crippen MR) is 276 cm³/mol. The lowest BCUT2D eigenvalue weighted by molar-refractivity contribution is -0.349. The second-order valence-electron chi connectivity index (χ2n) is 18.3. The third kappa shape index (κ3) is 14.9. The van der Waals surface area contributed by atoms with Gasteiger partial charge in [0.15, 0.2) is 12.6 Å². The van der Waals surface area contributed by atoms with Gasteiger partial charge in [-0.15, -0.1) is 0 Å². The van der Waals surface area contributed by atoms with E-state index in [-0.39, 0.29) is 52.9 Å². The van der Waals surface area contributed by atoms with E-state index in [0.29, 0.717) is 17.7 Å². The molecule has 0 saturated carbocycles. The number of aliphatic hydroxyl groups is 1. The molecule has 0 unspecified atom stereocenters. The number of hydrogen-bond donors (Lipinski definition) is 1. The van der Waals surface area contributed by atoms with Gasteiger partial charge >= 0.3 is 0 Å². The van der Waals surface area contributed by atoms with Gasteiger partial charge in [0.1, 0.15) is 48.8 Å². The van der Waals surface area contributed by atoms with E-state index in [4.69, 9.17) is 47.4 Å². The minimum Gasteiger partial charge on any atom is -0.374 e. The van der Waals surface area contributed by atoms with Crippen LogP contribution in [0.3, 0.4) is 0 Å². The second kappa shape index (κ2) is 27.8. The average molecular weight is 998 g/mol. The minimum absolute atomic E-state index is 0.0285. The average Bonchev–Trinajstić information content (AvgIpc) is 3.46. The van der Waals surface area contributed by atoms with Crippen LogP contribution in [0.1, 0.15) is 44.5 Å². The van der Waals surface area contributed by atoms with Crippen LogP contribution >= 0.6 is 0 Å². The van der Waals surface area contributed by atoms with Gasteiger partial charge in [0.2, 0.25) is 0 Å². The lowest BCUT2D eigenvalue weighted by Gasteiger charge is -2.47. The van der Waals surface area contributed by atoms with E-state index < -0.39 is 61.4 Å². The molecule has 0 aromatic heterocycles. The normalized spacial score (nSPS) is 23.7. The zero-order chi connectivity index (χ0) is 50.6.